The molecule has 0 spiro atoms. The summed E-state index contributed by atoms with van der Waals surface area (Å²) >= 11 is 0. The number of alkyl halides is 1. The van der Waals surface area contributed by atoms with E-state index in [4.69, 9.17) is 9.47 Å². The second kappa shape index (κ2) is 11.8. The largest absolute Gasteiger partial charge is 0.494 e. The Balaban J connectivity index is 1.48. The van der Waals surface area contributed by atoms with E-state index in [1.165, 1.54) is 0 Å². The zero-order valence-electron chi connectivity index (χ0n) is 23.3. The Morgan fingerprint density at radius 2 is 1.93 bits per heavy atom. The number of aromatic carboxylic acids is 1. The van der Waals surface area contributed by atoms with Gasteiger partial charge in [0, 0.05) is 66.4 Å². The summed E-state index contributed by atoms with van der Waals surface area (Å²) in [6, 6.07) is 11.8. The Bertz CT molecular complexity index is 1370. The van der Waals surface area contributed by atoms with Gasteiger partial charge in [-0.2, -0.15) is 0 Å². The van der Waals surface area contributed by atoms with Gasteiger partial charge in [-0.15, -0.1) is 0 Å². The van der Waals surface area contributed by atoms with Gasteiger partial charge in [0.05, 0.1) is 31.1 Å². The summed E-state index contributed by atoms with van der Waals surface area (Å²) in [7, 11) is 0. The fraction of sp³-hybridized carbons (Fsp3) is 0.531. The molecule has 214 valence electrons. The van der Waals surface area contributed by atoms with Gasteiger partial charge in [0.1, 0.15) is 11.9 Å². The summed E-state index contributed by atoms with van der Waals surface area (Å²) in [6.07, 6.45) is 4.24. The highest BCUT2D eigenvalue weighted by atomic mass is 19.1. The van der Waals surface area contributed by atoms with Crippen molar-refractivity contribution >= 4 is 22.6 Å². The third-order valence-corrected chi connectivity index (χ3v) is 8.92. The number of nitrogens with zero attached hydrogens (tertiary/aromatic N) is 2. The highest BCUT2D eigenvalue weighted by Crippen LogP contribution is 2.48. The molecule has 7 nitrogen and oxygen atoms in total. The van der Waals surface area contributed by atoms with Crippen LogP contribution in [-0.4, -0.2) is 72.2 Å². The predicted octanol–water partition coefficient (Wildman–Crippen LogP) is 6.31. The number of carboxylic acid groups (broad SMARTS) is 1. The Kier molecular flexibility index (Phi) is 7.98. The molecule has 1 aliphatic carbocycles. The summed E-state index contributed by atoms with van der Waals surface area (Å²) < 4.78 is 29.3. The van der Waals surface area contributed by atoms with Crippen LogP contribution in [0.2, 0.25) is 0 Å². The summed E-state index contributed by atoms with van der Waals surface area (Å²) in [6.45, 7) is 7.75. The monoisotopic (exact) mass is 549 g/mol. The number of nitrogens with one attached hydrogen (secondary N) is 1. The lowest BCUT2D eigenvalue weighted by Gasteiger charge is -2.32. The van der Waals surface area contributed by atoms with E-state index in [9.17, 15) is 9.90 Å². The fourth-order valence-corrected chi connectivity index (χ4v) is 6.88. The van der Waals surface area contributed by atoms with E-state index in [2.05, 4.69) is 26.9 Å². The van der Waals surface area contributed by atoms with E-state index in [1.807, 2.05) is 19.1 Å². The van der Waals surface area contributed by atoms with Crippen LogP contribution in [0, 0.1) is 0 Å². The lowest BCUT2D eigenvalue weighted by molar-refractivity contribution is 0.0367. The number of benzene rings is 2. The molecule has 2 unspecified atom stereocenters. The van der Waals surface area contributed by atoms with Crippen molar-refractivity contribution in [3.63, 3.8) is 0 Å². The summed E-state index contributed by atoms with van der Waals surface area (Å²) in [5, 5.41) is 14.6. The first-order valence-electron chi connectivity index (χ1n) is 14.9. The zero-order valence-corrected chi connectivity index (χ0v) is 23.3. The van der Waals surface area contributed by atoms with E-state index < -0.39 is 12.1 Å². The van der Waals surface area contributed by atoms with Gasteiger partial charge in [-0.05, 0) is 62.4 Å². The normalized spacial score (nSPS) is 23.5. The predicted molar refractivity (Wildman–Crippen MR) is 156 cm³/mol. The molecule has 1 saturated carbocycles. The molecule has 40 heavy (non-hydrogen) atoms. The van der Waals surface area contributed by atoms with Crippen molar-refractivity contribution in [1.29, 1.82) is 0 Å². The molecule has 2 fully saturated rings. The van der Waals surface area contributed by atoms with Gasteiger partial charge in [0.25, 0.3) is 0 Å². The molecule has 2 aliphatic heterocycles. The molecular formula is C32H40FN3O4. The molecule has 8 heteroatoms. The standard InChI is InChI=1S/C32H40FN3O4/c1-2-40-23-8-10-25-28(20-23)34-22(11-13-35-15-17-39-18-16-35)12-14-36-29-19-21(32(37)38)7-9-26(29)30(31(25)36)24-5-3-4-6-27(24)33/h7-10,19-20,22,24,27,34H,2-6,11-18H2,1H3,(H,37,38)/t22?,24?,27-/m0/s1. The molecule has 0 radical (unpaired) electrons. The highest BCUT2D eigenvalue weighted by Gasteiger charge is 2.34. The van der Waals surface area contributed by atoms with E-state index >= 15 is 4.39 Å². The first kappa shape index (κ1) is 27.1. The molecule has 3 aliphatic rings. The number of hydrogen-bond acceptors (Lipinski definition) is 5. The van der Waals surface area contributed by atoms with Crippen LogP contribution in [0.5, 0.6) is 5.75 Å². The Labute approximate surface area is 235 Å². The van der Waals surface area contributed by atoms with Gasteiger partial charge < -0.3 is 24.5 Å². The maximum Gasteiger partial charge on any atom is 0.335 e. The number of hydrogen-bond donors (Lipinski definition) is 2. The molecule has 1 aromatic heterocycles. The third-order valence-electron chi connectivity index (χ3n) is 8.92. The molecule has 3 heterocycles. The van der Waals surface area contributed by atoms with Crippen molar-refractivity contribution in [3.05, 3.63) is 47.5 Å². The molecule has 2 N–H and O–H groups in total. The summed E-state index contributed by atoms with van der Waals surface area (Å²) in [4.78, 5) is 14.4. The van der Waals surface area contributed by atoms with Gasteiger partial charge in [0.15, 0.2) is 0 Å². The number of aryl methyl sites for hydroxylation is 1. The minimum atomic E-state index is -0.947. The van der Waals surface area contributed by atoms with E-state index in [1.54, 1.807) is 12.1 Å². The van der Waals surface area contributed by atoms with E-state index in [0.717, 1.165) is 111 Å². The number of aromatic nitrogens is 1. The van der Waals surface area contributed by atoms with Crippen LogP contribution in [-0.2, 0) is 11.3 Å². The summed E-state index contributed by atoms with van der Waals surface area (Å²) in [5.74, 6) is -0.350. The Morgan fingerprint density at radius 1 is 1.10 bits per heavy atom. The molecule has 3 atom stereocenters. The molecule has 0 amide bonds. The van der Waals surface area contributed by atoms with Crippen LogP contribution >= 0.6 is 0 Å². The van der Waals surface area contributed by atoms with Crippen LogP contribution in [0.25, 0.3) is 22.2 Å². The van der Waals surface area contributed by atoms with E-state index in [0.29, 0.717) is 13.0 Å². The number of carbonyl (C=O) groups is 1. The number of fused-ring (bicyclic) bond motifs is 5. The molecule has 1 saturated heterocycles. The molecule has 0 bridgehead atoms. The minimum absolute atomic E-state index is 0.209. The number of carboxylic acids is 1. The average molecular weight is 550 g/mol. The molecule has 6 rings (SSSR count). The molecular weight excluding hydrogens is 509 g/mol. The second-order valence-corrected chi connectivity index (χ2v) is 11.4. The zero-order chi connectivity index (χ0) is 27.6. The SMILES string of the molecule is CCOc1ccc2c(c1)NC(CCN1CCOCC1)CCn1c-2c(C2CCCC[C@@H]2F)c2ccc(C(=O)O)cc21. The molecule has 2 aromatic carbocycles. The van der Waals surface area contributed by atoms with Crippen LogP contribution < -0.4 is 10.1 Å². The van der Waals surface area contributed by atoms with E-state index in [-0.39, 0.29) is 17.5 Å². The van der Waals surface area contributed by atoms with Gasteiger partial charge in [-0.3, -0.25) is 4.90 Å². The Morgan fingerprint density at radius 3 is 2.70 bits per heavy atom. The maximum atomic E-state index is 15.6. The molecule has 3 aromatic rings. The minimum Gasteiger partial charge on any atom is -0.494 e. The highest BCUT2D eigenvalue weighted by molar-refractivity contribution is 5.99. The number of halogens is 1. The topological polar surface area (TPSA) is 76.0 Å². The van der Waals surface area contributed by atoms with Crippen LogP contribution in [0.3, 0.4) is 0 Å². The van der Waals surface area contributed by atoms with Crippen molar-refractivity contribution in [2.24, 2.45) is 0 Å². The first-order chi connectivity index (χ1) is 19.5. The second-order valence-electron chi connectivity index (χ2n) is 11.4. The van der Waals surface area contributed by atoms with Crippen LogP contribution in [0.4, 0.5) is 10.1 Å². The Hall–Kier alpha value is -3.10. The first-order valence-corrected chi connectivity index (χ1v) is 14.9. The number of ether oxygens (including phenoxy) is 2. The van der Waals surface area contributed by atoms with Crippen LogP contribution in [0.15, 0.2) is 36.4 Å². The lowest BCUT2D eigenvalue weighted by atomic mass is 9.80. The van der Waals surface area contributed by atoms with Gasteiger partial charge in [-0.1, -0.05) is 18.9 Å². The third kappa shape index (κ3) is 5.31. The van der Waals surface area contributed by atoms with Crippen molar-refractivity contribution in [2.45, 2.75) is 70.1 Å². The number of morpholine rings is 1. The van der Waals surface area contributed by atoms with Gasteiger partial charge in [0.2, 0.25) is 0 Å². The van der Waals surface area contributed by atoms with Crippen molar-refractivity contribution < 1.29 is 23.8 Å². The maximum absolute atomic E-state index is 15.6. The quantitative estimate of drug-likeness (QED) is 0.360. The summed E-state index contributed by atoms with van der Waals surface area (Å²) in [5.41, 5.74) is 5.21. The smallest absolute Gasteiger partial charge is 0.335 e. The van der Waals surface area contributed by atoms with Crippen molar-refractivity contribution in [2.75, 3.05) is 44.8 Å². The van der Waals surface area contributed by atoms with Crippen LogP contribution in [0.1, 0.15) is 67.3 Å². The number of rotatable bonds is 7. The van der Waals surface area contributed by atoms with Gasteiger partial charge in [-0.25, -0.2) is 9.18 Å². The fourth-order valence-electron chi connectivity index (χ4n) is 6.88. The average Bonchev–Trinajstić information content (AvgIpc) is 3.27. The lowest BCUT2D eigenvalue weighted by Crippen LogP contribution is -2.39. The van der Waals surface area contributed by atoms with Gasteiger partial charge >= 0.3 is 5.97 Å². The van der Waals surface area contributed by atoms with Crippen molar-refractivity contribution in [1.82, 2.24) is 9.47 Å². The number of anilines is 1. The van der Waals surface area contributed by atoms with Crippen molar-refractivity contribution in [3.8, 4) is 17.0 Å².